The van der Waals surface area contributed by atoms with Crippen LogP contribution in [0, 0.1) is 29.6 Å². The minimum absolute atomic E-state index is 0.102. The highest BCUT2D eigenvalue weighted by Gasteiger charge is 2.55. The number of fused-ring (bicyclic) bond motifs is 1. The summed E-state index contributed by atoms with van der Waals surface area (Å²) in [5, 5.41) is 10.9. The fourth-order valence-electron chi connectivity index (χ4n) is 4.01. The minimum Gasteiger partial charge on any atom is -0.389 e. The molecule has 98 valence electrons. The quantitative estimate of drug-likeness (QED) is 0.762. The number of Topliss-reactive ketones (excluding diaryl/α,β-unsaturated/α-hetero) is 1. The normalized spacial score (nSPS) is 47.1. The summed E-state index contributed by atoms with van der Waals surface area (Å²) < 4.78 is 0. The van der Waals surface area contributed by atoms with Crippen LogP contribution in [0.25, 0.3) is 0 Å². The second-order valence-corrected chi connectivity index (χ2v) is 6.70. The monoisotopic (exact) mass is 238 g/mol. The van der Waals surface area contributed by atoms with E-state index in [4.69, 9.17) is 0 Å². The number of rotatable bonds is 1. The summed E-state index contributed by atoms with van der Waals surface area (Å²) in [5.41, 5.74) is -0.712. The molecule has 0 heterocycles. The number of ketones is 1. The molecule has 0 amide bonds. The lowest BCUT2D eigenvalue weighted by Gasteiger charge is -2.52. The van der Waals surface area contributed by atoms with E-state index in [1.807, 2.05) is 6.92 Å². The van der Waals surface area contributed by atoms with E-state index in [1.165, 1.54) is 0 Å². The van der Waals surface area contributed by atoms with Crippen LogP contribution in [0.5, 0.6) is 0 Å². The summed E-state index contributed by atoms with van der Waals surface area (Å²) >= 11 is 0. The first-order chi connectivity index (χ1) is 7.88. The highest BCUT2D eigenvalue weighted by Crippen LogP contribution is 2.51. The van der Waals surface area contributed by atoms with E-state index in [1.54, 1.807) is 0 Å². The van der Waals surface area contributed by atoms with E-state index < -0.39 is 5.60 Å². The van der Waals surface area contributed by atoms with Crippen molar-refractivity contribution in [3.63, 3.8) is 0 Å². The first-order valence-electron chi connectivity index (χ1n) is 7.14. The van der Waals surface area contributed by atoms with Crippen molar-refractivity contribution < 1.29 is 9.90 Å². The smallest absolute Gasteiger partial charge is 0.141 e. The van der Waals surface area contributed by atoms with Crippen LogP contribution < -0.4 is 0 Å². The van der Waals surface area contributed by atoms with E-state index in [0.717, 1.165) is 25.7 Å². The van der Waals surface area contributed by atoms with Crippen molar-refractivity contribution in [3.05, 3.63) is 0 Å². The summed E-state index contributed by atoms with van der Waals surface area (Å²) in [6, 6.07) is 0. The van der Waals surface area contributed by atoms with Crippen molar-refractivity contribution in [3.8, 4) is 0 Å². The van der Waals surface area contributed by atoms with Gasteiger partial charge in [-0.05, 0) is 43.4 Å². The molecule has 17 heavy (non-hydrogen) atoms. The second kappa shape index (κ2) is 4.38. The Labute approximate surface area is 105 Å². The van der Waals surface area contributed by atoms with Crippen LogP contribution >= 0.6 is 0 Å². The molecule has 0 aromatic carbocycles. The summed E-state index contributed by atoms with van der Waals surface area (Å²) in [5.74, 6) is 1.52. The SMILES string of the molecule is CC(C)[C@@H]1CC[C@@H](C)[C@]2(O)CC[C@@H](C)C(=O)[C@@H]12. The van der Waals surface area contributed by atoms with Crippen LogP contribution in [0.3, 0.4) is 0 Å². The second-order valence-electron chi connectivity index (χ2n) is 6.70. The van der Waals surface area contributed by atoms with Gasteiger partial charge in [-0.15, -0.1) is 0 Å². The molecule has 0 aliphatic heterocycles. The maximum Gasteiger partial charge on any atom is 0.141 e. The maximum absolute atomic E-state index is 12.5. The summed E-state index contributed by atoms with van der Waals surface area (Å²) in [7, 11) is 0. The molecule has 2 aliphatic carbocycles. The maximum atomic E-state index is 12.5. The molecule has 0 radical (unpaired) electrons. The first-order valence-corrected chi connectivity index (χ1v) is 7.14. The molecule has 0 spiro atoms. The third-order valence-electron chi connectivity index (χ3n) is 5.38. The Morgan fingerprint density at radius 1 is 1.24 bits per heavy atom. The van der Waals surface area contributed by atoms with E-state index in [0.29, 0.717) is 17.6 Å². The summed E-state index contributed by atoms with van der Waals surface area (Å²) in [6.07, 6.45) is 3.84. The Bertz CT molecular complexity index is 310. The van der Waals surface area contributed by atoms with Gasteiger partial charge in [0.15, 0.2) is 0 Å². The van der Waals surface area contributed by atoms with Crippen molar-refractivity contribution in [1.29, 1.82) is 0 Å². The Hall–Kier alpha value is -0.370. The van der Waals surface area contributed by atoms with Gasteiger partial charge in [0.05, 0.1) is 11.5 Å². The van der Waals surface area contributed by atoms with Crippen LogP contribution in [0.15, 0.2) is 0 Å². The number of carbonyl (C=O) groups is 1. The largest absolute Gasteiger partial charge is 0.389 e. The van der Waals surface area contributed by atoms with E-state index in [9.17, 15) is 9.90 Å². The predicted octanol–water partition coefficient (Wildman–Crippen LogP) is 3.03. The Morgan fingerprint density at radius 2 is 1.88 bits per heavy atom. The lowest BCUT2D eigenvalue weighted by atomic mass is 9.54. The van der Waals surface area contributed by atoms with Crippen LogP contribution in [-0.2, 0) is 4.79 Å². The Balaban J connectivity index is 2.35. The molecule has 2 rings (SSSR count). The van der Waals surface area contributed by atoms with Gasteiger partial charge in [-0.1, -0.05) is 27.7 Å². The zero-order valence-electron chi connectivity index (χ0n) is 11.6. The van der Waals surface area contributed by atoms with E-state index in [-0.39, 0.29) is 17.8 Å². The molecular weight excluding hydrogens is 212 g/mol. The molecule has 2 saturated carbocycles. The molecule has 0 saturated heterocycles. The molecular formula is C15H26O2. The van der Waals surface area contributed by atoms with Crippen molar-refractivity contribution in [2.45, 2.75) is 59.0 Å². The Kier molecular flexibility index (Phi) is 3.37. The van der Waals surface area contributed by atoms with Gasteiger partial charge in [-0.25, -0.2) is 0 Å². The predicted molar refractivity (Wildman–Crippen MR) is 68.6 cm³/mol. The number of hydrogen-bond acceptors (Lipinski definition) is 2. The number of hydrogen-bond donors (Lipinski definition) is 1. The molecule has 2 heteroatoms. The third-order valence-corrected chi connectivity index (χ3v) is 5.38. The molecule has 2 fully saturated rings. The average molecular weight is 238 g/mol. The van der Waals surface area contributed by atoms with Gasteiger partial charge in [0.1, 0.15) is 5.78 Å². The van der Waals surface area contributed by atoms with Gasteiger partial charge in [0, 0.05) is 5.92 Å². The molecule has 5 atom stereocenters. The summed E-state index contributed by atoms with van der Waals surface area (Å²) in [6.45, 7) is 8.52. The van der Waals surface area contributed by atoms with E-state index in [2.05, 4.69) is 20.8 Å². The lowest BCUT2D eigenvalue weighted by Crippen LogP contribution is -2.58. The first kappa shape index (κ1) is 13.1. The van der Waals surface area contributed by atoms with Crippen LogP contribution in [0.4, 0.5) is 0 Å². The van der Waals surface area contributed by atoms with Gasteiger partial charge in [0.25, 0.3) is 0 Å². The standard InChI is InChI=1S/C15H26O2/c1-9(2)12-6-5-11(4)15(17)8-7-10(3)14(16)13(12)15/h9-13,17H,5-8H2,1-4H3/t10-,11-,12+,13-,15-/m1/s1. The van der Waals surface area contributed by atoms with Crippen molar-refractivity contribution in [2.24, 2.45) is 29.6 Å². The van der Waals surface area contributed by atoms with Gasteiger partial charge in [0.2, 0.25) is 0 Å². The Morgan fingerprint density at radius 3 is 2.47 bits per heavy atom. The van der Waals surface area contributed by atoms with Crippen molar-refractivity contribution >= 4 is 5.78 Å². The van der Waals surface area contributed by atoms with Gasteiger partial charge >= 0.3 is 0 Å². The van der Waals surface area contributed by atoms with Gasteiger partial charge in [-0.3, -0.25) is 4.79 Å². The number of carbonyl (C=O) groups excluding carboxylic acids is 1. The van der Waals surface area contributed by atoms with Crippen LogP contribution in [-0.4, -0.2) is 16.5 Å². The number of aliphatic hydroxyl groups is 1. The molecule has 0 aromatic heterocycles. The van der Waals surface area contributed by atoms with Gasteiger partial charge in [-0.2, -0.15) is 0 Å². The third kappa shape index (κ3) is 1.95. The highest BCUT2D eigenvalue weighted by molar-refractivity contribution is 5.85. The molecule has 0 bridgehead atoms. The molecule has 0 aromatic rings. The van der Waals surface area contributed by atoms with Crippen LogP contribution in [0.2, 0.25) is 0 Å². The van der Waals surface area contributed by atoms with E-state index >= 15 is 0 Å². The van der Waals surface area contributed by atoms with Crippen molar-refractivity contribution in [2.75, 3.05) is 0 Å². The topological polar surface area (TPSA) is 37.3 Å². The molecule has 2 nitrogen and oxygen atoms in total. The van der Waals surface area contributed by atoms with Crippen molar-refractivity contribution in [1.82, 2.24) is 0 Å². The zero-order valence-corrected chi connectivity index (χ0v) is 11.6. The lowest BCUT2D eigenvalue weighted by molar-refractivity contribution is -0.170. The van der Waals surface area contributed by atoms with Gasteiger partial charge < -0.3 is 5.11 Å². The average Bonchev–Trinajstić information content (AvgIpc) is 2.26. The fraction of sp³-hybridized carbons (Fsp3) is 0.933. The fourth-order valence-corrected chi connectivity index (χ4v) is 4.01. The minimum atomic E-state index is -0.712. The molecule has 0 unspecified atom stereocenters. The summed E-state index contributed by atoms with van der Waals surface area (Å²) in [4.78, 5) is 12.5. The molecule has 1 N–H and O–H groups in total. The zero-order chi connectivity index (χ0) is 12.8. The molecule has 2 aliphatic rings. The van der Waals surface area contributed by atoms with Crippen LogP contribution in [0.1, 0.15) is 53.4 Å². The highest BCUT2D eigenvalue weighted by atomic mass is 16.3.